The lowest BCUT2D eigenvalue weighted by atomic mass is 10.1. The number of rotatable bonds is 4. The lowest BCUT2D eigenvalue weighted by Gasteiger charge is -2.20. The van der Waals surface area contributed by atoms with Crippen LogP contribution in [0.15, 0.2) is 35.2 Å². The Balaban J connectivity index is 2.19. The molecule has 0 saturated heterocycles. The molecule has 0 saturated carbocycles. The highest BCUT2D eigenvalue weighted by molar-refractivity contribution is 7.92. The van der Waals surface area contributed by atoms with E-state index < -0.39 is 10.0 Å². The maximum atomic E-state index is 12.3. The van der Waals surface area contributed by atoms with Gasteiger partial charge in [0, 0.05) is 5.54 Å². The van der Waals surface area contributed by atoms with E-state index in [1.165, 1.54) is 24.3 Å². The van der Waals surface area contributed by atoms with Crippen molar-refractivity contribution >= 4 is 44.9 Å². The van der Waals surface area contributed by atoms with Crippen molar-refractivity contribution in [1.82, 2.24) is 10.2 Å². The van der Waals surface area contributed by atoms with E-state index in [-0.39, 0.29) is 26.3 Å². The van der Waals surface area contributed by atoms with Crippen LogP contribution in [-0.2, 0) is 10.0 Å². The zero-order chi connectivity index (χ0) is 17.3. The summed E-state index contributed by atoms with van der Waals surface area (Å²) in [6.07, 6.45) is 0. The van der Waals surface area contributed by atoms with Crippen LogP contribution in [0.1, 0.15) is 20.8 Å². The van der Waals surface area contributed by atoms with Gasteiger partial charge in [-0.1, -0.05) is 23.2 Å². The van der Waals surface area contributed by atoms with Gasteiger partial charge < -0.3 is 5.32 Å². The molecular formula is C14H16Cl2N4O2S. The number of hydrogen-bond acceptors (Lipinski definition) is 5. The molecule has 1 aromatic carbocycles. The molecule has 6 nitrogen and oxygen atoms in total. The third-order valence-electron chi connectivity index (χ3n) is 2.61. The first-order valence-electron chi connectivity index (χ1n) is 6.67. The molecule has 124 valence electrons. The maximum absolute atomic E-state index is 12.3. The van der Waals surface area contributed by atoms with Crippen LogP contribution in [0.2, 0.25) is 10.0 Å². The van der Waals surface area contributed by atoms with Gasteiger partial charge in [0.25, 0.3) is 10.0 Å². The molecule has 2 aromatic rings. The molecule has 9 heteroatoms. The number of nitrogens with zero attached hydrogens (tertiary/aromatic N) is 2. The molecule has 0 amide bonds. The second-order valence-electron chi connectivity index (χ2n) is 5.86. The summed E-state index contributed by atoms with van der Waals surface area (Å²) < 4.78 is 26.9. The molecule has 0 aliphatic heterocycles. The molecule has 0 bridgehead atoms. The van der Waals surface area contributed by atoms with Crippen molar-refractivity contribution in [2.24, 2.45) is 0 Å². The number of aromatic nitrogens is 2. The average molecular weight is 375 g/mol. The summed E-state index contributed by atoms with van der Waals surface area (Å²) in [5, 5.41) is 11.4. The molecule has 1 aromatic heterocycles. The Morgan fingerprint density at radius 3 is 2.09 bits per heavy atom. The molecule has 0 spiro atoms. The highest BCUT2D eigenvalue weighted by Crippen LogP contribution is 2.25. The Kier molecular flexibility index (Phi) is 5.03. The summed E-state index contributed by atoms with van der Waals surface area (Å²) in [7, 11) is -3.82. The maximum Gasteiger partial charge on any atom is 0.263 e. The SMILES string of the molecule is CC(C)(C)Nc1ccc(NS(=O)(=O)c2ccc(Cl)c(Cl)c2)nn1. The molecular weight excluding hydrogens is 359 g/mol. The summed E-state index contributed by atoms with van der Waals surface area (Å²) in [5.41, 5.74) is -0.171. The quantitative estimate of drug-likeness (QED) is 0.849. The highest BCUT2D eigenvalue weighted by Gasteiger charge is 2.17. The highest BCUT2D eigenvalue weighted by atomic mass is 35.5. The average Bonchev–Trinajstić information content (AvgIpc) is 2.42. The van der Waals surface area contributed by atoms with Crippen LogP contribution in [0, 0.1) is 0 Å². The van der Waals surface area contributed by atoms with Gasteiger partial charge in [-0.05, 0) is 51.1 Å². The van der Waals surface area contributed by atoms with Crippen molar-refractivity contribution in [2.75, 3.05) is 10.0 Å². The van der Waals surface area contributed by atoms with E-state index in [0.29, 0.717) is 5.82 Å². The van der Waals surface area contributed by atoms with E-state index in [0.717, 1.165) is 0 Å². The molecule has 0 aliphatic carbocycles. The topological polar surface area (TPSA) is 84.0 Å². The lowest BCUT2D eigenvalue weighted by Crippen LogP contribution is -2.26. The van der Waals surface area contributed by atoms with Crippen LogP contribution < -0.4 is 10.0 Å². The van der Waals surface area contributed by atoms with Crippen LogP contribution >= 0.6 is 23.2 Å². The molecule has 0 unspecified atom stereocenters. The lowest BCUT2D eigenvalue weighted by molar-refractivity contribution is 0.600. The normalized spacial score (nSPS) is 12.0. The molecule has 2 rings (SSSR count). The number of halogens is 2. The van der Waals surface area contributed by atoms with Crippen LogP contribution in [0.3, 0.4) is 0 Å². The van der Waals surface area contributed by atoms with E-state index in [2.05, 4.69) is 20.2 Å². The first-order chi connectivity index (χ1) is 10.6. The fraction of sp³-hybridized carbons (Fsp3) is 0.286. The van der Waals surface area contributed by atoms with Crippen LogP contribution in [-0.4, -0.2) is 24.2 Å². The molecule has 2 N–H and O–H groups in total. The molecule has 23 heavy (non-hydrogen) atoms. The van der Waals surface area contributed by atoms with Gasteiger partial charge in [-0.25, -0.2) is 8.42 Å². The second kappa shape index (κ2) is 6.51. The standard InChI is InChI=1S/C14H16Cl2N4O2S/c1-14(2,3)17-12-6-7-13(19-18-12)20-23(21,22)9-4-5-10(15)11(16)8-9/h4-8H,1-3H3,(H,17,18)(H,19,20). The van der Waals surface area contributed by atoms with Crippen molar-refractivity contribution in [3.8, 4) is 0 Å². The molecule has 1 heterocycles. The van der Waals surface area contributed by atoms with E-state index in [9.17, 15) is 8.42 Å². The number of nitrogens with one attached hydrogen (secondary N) is 2. The minimum Gasteiger partial charge on any atom is -0.364 e. The fourth-order valence-corrected chi connectivity index (χ4v) is 3.06. The van der Waals surface area contributed by atoms with Crippen LogP contribution in [0.5, 0.6) is 0 Å². The minimum atomic E-state index is -3.82. The van der Waals surface area contributed by atoms with Gasteiger partial charge in [0.2, 0.25) is 0 Å². The van der Waals surface area contributed by atoms with Gasteiger partial charge in [-0.3, -0.25) is 4.72 Å². The van der Waals surface area contributed by atoms with Crippen molar-refractivity contribution in [1.29, 1.82) is 0 Å². The van der Waals surface area contributed by atoms with E-state index in [1.807, 2.05) is 20.8 Å². The summed E-state index contributed by atoms with van der Waals surface area (Å²) in [6, 6.07) is 7.22. The third-order valence-corrected chi connectivity index (χ3v) is 4.70. The number of sulfonamides is 1. The van der Waals surface area contributed by atoms with Gasteiger partial charge in [0.1, 0.15) is 5.82 Å². The van der Waals surface area contributed by atoms with E-state index >= 15 is 0 Å². The van der Waals surface area contributed by atoms with Gasteiger partial charge in [0.15, 0.2) is 5.82 Å². The zero-order valence-electron chi connectivity index (χ0n) is 12.8. The molecule has 0 atom stereocenters. The van der Waals surface area contributed by atoms with Crippen molar-refractivity contribution in [3.63, 3.8) is 0 Å². The third kappa shape index (κ3) is 4.95. The summed E-state index contributed by atoms with van der Waals surface area (Å²) in [4.78, 5) is -0.00871. The predicted molar refractivity (Wildman–Crippen MR) is 92.7 cm³/mol. The Morgan fingerprint density at radius 1 is 0.957 bits per heavy atom. The monoisotopic (exact) mass is 374 g/mol. The van der Waals surface area contributed by atoms with Crippen molar-refractivity contribution in [3.05, 3.63) is 40.4 Å². The number of benzene rings is 1. The summed E-state index contributed by atoms with van der Waals surface area (Å²) >= 11 is 11.6. The summed E-state index contributed by atoms with van der Waals surface area (Å²) in [5.74, 6) is 0.658. The van der Waals surface area contributed by atoms with Gasteiger partial charge in [0.05, 0.1) is 14.9 Å². The van der Waals surface area contributed by atoms with Crippen molar-refractivity contribution < 1.29 is 8.42 Å². The van der Waals surface area contributed by atoms with Crippen LogP contribution in [0.4, 0.5) is 11.6 Å². The summed E-state index contributed by atoms with van der Waals surface area (Å²) in [6.45, 7) is 5.95. The fourth-order valence-electron chi connectivity index (χ4n) is 1.68. The Morgan fingerprint density at radius 2 is 1.57 bits per heavy atom. The Labute approximate surface area is 145 Å². The zero-order valence-corrected chi connectivity index (χ0v) is 15.1. The second-order valence-corrected chi connectivity index (χ2v) is 8.36. The molecule has 0 radical (unpaired) electrons. The van der Waals surface area contributed by atoms with E-state index in [1.54, 1.807) is 6.07 Å². The largest absolute Gasteiger partial charge is 0.364 e. The predicted octanol–water partition coefficient (Wildman–Crippen LogP) is 3.79. The number of hydrogen-bond donors (Lipinski definition) is 2. The Bertz CT molecular complexity index is 803. The minimum absolute atomic E-state index is 0.00871. The van der Waals surface area contributed by atoms with Gasteiger partial charge in [-0.15, -0.1) is 10.2 Å². The van der Waals surface area contributed by atoms with Crippen LogP contribution in [0.25, 0.3) is 0 Å². The Hall–Kier alpha value is -1.57. The molecule has 0 fully saturated rings. The van der Waals surface area contributed by atoms with Crippen molar-refractivity contribution in [2.45, 2.75) is 31.2 Å². The first-order valence-corrected chi connectivity index (χ1v) is 8.90. The smallest absolute Gasteiger partial charge is 0.263 e. The number of anilines is 2. The van der Waals surface area contributed by atoms with E-state index in [4.69, 9.17) is 23.2 Å². The van der Waals surface area contributed by atoms with Gasteiger partial charge >= 0.3 is 0 Å². The molecule has 0 aliphatic rings. The van der Waals surface area contributed by atoms with Gasteiger partial charge in [-0.2, -0.15) is 0 Å². The first kappa shape index (κ1) is 17.8.